The van der Waals surface area contributed by atoms with E-state index in [9.17, 15) is 0 Å². The smallest absolute Gasteiger partial charge is 0.228 e. The first-order valence-corrected chi connectivity index (χ1v) is 9.50. The number of rotatable bonds is 2. The van der Waals surface area contributed by atoms with Gasteiger partial charge in [0.05, 0.1) is 23.7 Å². The Morgan fingerprint density at radius 3 is 2.66 bits per heavy atom. The predicted octanol–water partition coefficient (Wildman–Crippen LogP) is 4.94. The average Bonchev–Trinajstić information content (AvgIpc) is 3.17. The Hall–Kier alpha value is -3.86. The summed E-state index contributed by atoms with van der Waals surface area (Å²) >= 11 is 0. The Balaban J connectivity index is 1.66. The fraction of sp³-hybridized carbons (Fsp3) is 0.0833. The molecule has 2 aliphatic heterocycles. The van der Waals surface area contributed by atoms with Crippen molar-refractivity contribution < 1.29 is 9.47 Å². The number of ether oxygens (including phenoxy) is 2. The van der Waals surface area contributed by atoms with Gasteiger partial charge in [-0.25, -0.2) is 9.98 Å². The number of imidazole rings is 1. The van der Waals surface area contributed by atoms with Crippen molar-refractivity contribution in [2.45, 2.75) is 6.17 Å². The third kappa shape index (κ3) is 2.34. The van der Waals surface area contributed by atoms with Gasteiger partial charge in [-0.3, -0.25) is 4.57 Å². The van der Waals surface area contributed by atoms with Crippen LogP contribution >= 0.6 is 0 Å². The van der Waals surface area contributed by atoms with E-state index in [1.165, 1.54) is 0 Å². The third-order valence-corrected chi connectivity index (χ3v) is 5.39. The van der Waals surface area contributed by atoms with Crippen LogP contribution in [-0.2, 0) is 0 Å². The van der Waals surface area contributed by atoms with Crippen molar-refractivity contribution >= 4 is 28.6 Å². The van der Waals surface area contributed by atoms with Crippen molar-refractivity contribution in [3.63, 3.8) is 0 Å². The number of aliphatic imine (C=N–C) groups is 1. The van der Waals surface area contributed by atoms with Crippen molar-refractivity contribution in [2.75, 3.05) is 7.11 Å². The van der Waals surface area contributed by atoms with Gasteiger partial charge in [0.15, 0.2) is 6.17 Å². The van der Waals surface area contributed by atoms with Crippen molar-refractivity contribution in [3.05, 3.63) is 89.7 Å². The fourth-order valence-corrected chi connectivity index (χ4v) is 4.06. The molecule has 29 heavy (non-hydrogen) atoms. The molecule has 0 spiro atoms. The third-order valence-electron chi connectivity index (χ3n) is 5.39. The second kappa shape index (κ2) is 6.07. The minimum atomic E-state index is -0.328. The molecular weight excluding hydrogens is 362 g/mol. The van der Waals surface area contributed by atoms with Gasteiger partial charge in [-0.15, -0.1) is 0 Å². The molecule has 2 aliphatic rings. The van der Waals surface area contributed by atoms with E-state index in [1.807, 2.05) is 66.7 Å². The van der Waals surface area contributed by atoms with Crippen LogP contribution in [-0.4, -0.2) is 22.6 Å². The molecule has 1 atom stereocenters. The Morgan fingerprint density at radius 2 is 1.72 bits per heavy atom. The molecule has 1 unspecified atom stereocenters. The minimum absolute atomic E-state index is 0.328. The van der Waals surface area contributed by atoms with Gasteiger partial charge in [-0.2, -0.15) is 0 Å². The van der Waals surface area contributed by atoms with Gasteiger partial charge in [-0.05, 0) is 30.3 Å². The average molecular weight is 379 g/mol. The maximum Gasteiger partial charge on any atom is 0.228 e. The highest BCUT2D eigenvalue weighted by Crippen LogP contribution is 2.41. The van der Waals surface area contributed by atoms with Crippen LogP contribution in [0.25, 0.3) is 22.7 Å². The molecule has 5 heteroatoms. The van der Waals surface area contributed by atoms with E-state index < -0.39 is 0 Å². The van der Waals surface area contributed by atoms with Gasteiger partial charge in [0.1, 0.15) is 17.3 Å². The molecule has 1 aromatic heterocycles. The predicted molar refractivity (Wildman–Crippen MR) is 113 cm³/mol. The SMILES string of the molecule is COc1ccccc1C1N=C2Oc3ccccc3C=C2c2nc3ccccc3n21. The van der Waals surface area contributed by atoms with Crippen LogP contribution in [0.2, 0.25) is 0 Å². The Morgan fingerprint density at radius 1 is 0.931 bits per heavy atom. The van der Waals surface area contributed by atoms with E-state index in [1.54, 1.807) is 7.11 Å². The Bertz CT molecular complexity index is 1330. The van der Waals surface area contributed by atoms with E-state index in [4.69, 9.17) is 19.5 Å². The first kappa shape index (κ1) is 16.1. The quantitative estimate of drug-likeness (QED) is 0.496. The number of nitrogens with zero attached hydrogens (tertiary/aromatic N) is 3. The summed E-state index contributed by atoms with van der Waals surface area (Å²) < 4.78 is 14.0. The van der Waals surface area contributed by atoms with Gasteiger partial charge in [-0.1, -0.05) is 48.5 Å². The zero-order valence-corrected chi connectivity index (χ0v) is 15.7. The van der Waals surface area contributed by atoms with E-state index in [-0.39, 0.29) is 6.17 Å². The minimum Gasteiger partial charge on any atom is -0.496 e. The van der Waals surface area contributed by atoms with Gasteiger partial charge in [0, 0.05) is 11.1 Å². The summed E-state index contributed by atoms with van der Waals surface area (Å²) in [6, 6.07) is 24.1. The van der Waals surface area contributed by atoms with Crippen molar-refractivity contribution in [3.8, 4) is 11.5 Å². The normalized spacial score (nSPS) is 16.8. The number of benzene rings is 3. The number of methoxy groups -OCH3 is 1. The molecule has 3 heterocycles. The lowest BCUT2D eigenvalue weighted by molar-refractivity contribution is 0.401. The molecule has 0 amide bonds. The van der Waals surface area contributed by atoms with Crippen molar-refractivity contribution in [1.82, 2.24) is 9.55 Å². The van der Waals surface area contributed by atoms with Crippen LogP contribution in [0.3, 0.4) is 0 Å². The standard InChI is InChI=1S/C24H17N3O2/c1-28-21-13-7-3-9-16(21)22-26-24-17(14-15-8-2-6-12-20(15)29-24)23-25-18-10-4-5-11-19(18)27(22)23/h2-14,22H,1H3. The second-order valence-corrected chi connectivity index (χ2v) is 7.04. The lowest BCUT2D eigenvalue weighted by Gasteiger charge is -2.29. The van der Waals surface area contributed by atoms with Crippen LogP contribution in [0.15, 0.2) is 77.8 Å². The van der Waals surface area contributed by atoms with Gasteiger partial charge in [0.25, 0.3) is 0 Å². The number of aromatic nitrogens is 2. The highest BCUT2D eigenvalue weighted by Gasteiger charge is 2.34. The molecule has 3 aromatic carbocycles. The van der Waals surface area contributed by atoms with Gasteiger partial charge >= 0.3 is 0 Å². The van der Waals surface area contributed by atoms with E-state index in [0.717, 1.165) is 45.1 Å². The largest absolute Gasteiger partial charge is 0.496 e. The molecule has 0 fully saturated rings. The van der Waals surface area contributed by atoms with Crippen LogP contribution in [0.4, 0.5) is 0 Å². The number of hydrogen-bond donors (Lipinski definition) is 0. The second-order valence-electron chi connectivity index (χ2n) is 7.04. The van der Waals surface area contributed by atoms with Crippen LogP contribution < -0.4 is 9.47 Å². The molecule has 0 bridgehead atoms. The summed E-state index contributed by atoms with van der Waals surface area (Å²) in [5.74, 6) is 3.02. The molecule has 140 valence electrons. The van der Waals surface area contributed by atoms with Crippen molar-refractivity contribution in [1.29, 1.82) is 0 Å². The van der Waals surface area contributed by atoms with Crippen LogP contribution in [0.1, 0.15) is 23.1 Å². The Kier molecular flexibility index (Phi) is 3.38. The maximum atomic E-state index is 6.20. The molecule has 5 nitrogen and oxygen atoms in total. The molecule has 4 aromatic rings. The number of fused-ring (bicyclic) bond motifs is 6. The molecule has 0 aliphatic carbocycles. The number of para-hydroxylation sites is 4. The Labute approximate surface area is 167 Å². The monoisotopic (exact) mass is 379 g/mol. The zero-order chi connectivity index (χ0) is 19.4. The molecular formula is C24H17N3O2. The van der Waals surface area contributed by atoms with Crippen LogP contribution in [0, 0.1) is 0 Å². The van der Waals surface area contributed by atoms with Crippen LogP contribution in [0.5, 0.6) is 11.5 Å². The van der Waals surface area contributed by atoms with E-state index in [0.29, 0.717) is 5.90 Å². The molecule has 0 saturated carbocycles. The summed E-state index contributed by atoms with van der Waals surface area (Å²) in [5.41, 5.74) is 4.84. The number of hydrogen-bond acceptors (Lipinski definition) is 4. The van der Waals surface area contributed by atoms with E-state index >= 15 is 0 Å². The summed E-state index contributed by atoms with van der Waals surface area (Å²) in [5, 5.41) is 0. The molecule has 6 rings (SSSR count). The summed E-state index contributed by atoms with van der Waals surface area (Å²) in [4.78, 5) is 9.95. The first-order valence-electron chi connectivity index (χ1n) is 9.50. The van der Waals surface area contributed by atoms with E-state index in [2.05, 4.69) is 16.7 Å². The summed E-state index contributed by atoms with van der Waals surface area (Å²) in [6.07, 6.45) is 1.78. The first-order chi connectivity index (χ1) is 14.3. The lowest BCUT2D eigenvalue weighted by atomic mass is 10.0. The van der Waals surface area contributed by atoms with Gasteiger partial charge < -0.3 is 9.47 Å². The highest BCUT2D eigenvalue weighted by molar-refractivity contribution is 6.26. The summed E-state index contributed by atoms with van der Waals surface area (Å²) in [6.45, 7) is 0. The summed E-state index contributed by atoms with van der Waals surface area (Å²) in [7, 11) is 1.68. The van der Waals surface area contributed by atoms with Gasteiger partial charge in [0.2, 0.25) is 5.90 Å². The zero-order valence-electron chi connectivity index (χ0n) is 15.7. The maximum absolute atomic E-state index is 6.20. The fourth-order valence-electron chi connectivity index (χ4n) is 4.06. The topological polar surface area (TPSA) is 48.6 Å². The lowest BCUT2D eigenvalue weighted by Crippen LogP contribution is -2.26. The van der Waals surface area contributed by atoms with Crippen molar-refractivity contribution in [2.24, 2.45) is 4.99 Å². The molecule has 0 radical (unpaired) electrons. The molecule has 0 saturated heterocycles. The molecule has 0 N–H and O–H groups in total. The highest BCUT2D eigenvalue weighted by atomic mass is 16.5.